The van der Waals surface area contributed by atoms with Crippen molar-refractivity contribution in [1.82, 2.24) is 14.9 Å². The van der Waals surface area contributed by atoms with Crippen molar-refractivity contribution in [3.8, 4) is 0 Å². The van der Waals surface area contributed by atoms with E-state index in [2.05, 4.69) is 21.4 Å². The van der Waals surface area contributed by atoms with Crippen molar-refractivity contribution in [3.05, 3.63) is 29.9 Å². The van der Waals surface area contributed by atoms with Crippen LogP contribution in [0.25, 0.3) is 0 Å². The SMILES string of the molecule is C=C(C)Cn1c(CNC)cnc1C. The van der Waals surface area contributed by atoms with Crippen LogP contribution in [0.3, 0.4) is 0 Å². The summed E-state index contributed by atoms with van der Waals surface area (Å²) in [4.78, 5) is 4.27. The van der Waals surface area contributed by atoms with Crippen molar-refractivity contribution < 1.29 is 0 Å². The number of hydrogen-bond acceptors (Lipinski definition) is 2. The molecule has 0 unspecified atom stereocenters. The minimum absolute atomic E-state index is 0.855. The molecule has 1 heterocycles. The molecule has 13 heavy (non-hydrogen) atoms. The van der Waals surface area contributed by atoms with Gasteiger partial charge in [0.25, 0.3) is 0 Å². The van der Waals surface area contributed by atoms with E-state index in [0.717, 1.165) is 24.5 Å². The van der Waals surface area contributed by atoms with Crippen LogP contribution in [0.5, 0.6) is 0 Å². The molecule has 1 N–H and O–H groups in total. The number of aromatic nitrogens is 2. The molecule has 1 aromatic rings. The molecular weight excluding hydrogens is 162 g/mol. The van der Waals surface area contributed by atoms with Crippen LogP contribution in [0.2, 0.25) is 0 Å². The summed E-state index contributed by atoms with van der Waals surface area (Å²) in [6.45, 7) is 9.67. The second kappa shape index (κ2) is 4.23. The normalized spacial score (nSPS) is 10.4. The smallest absolute Gasteiger partial charge is 0.106 e. The summed E-state index contributed by atoms with van der Waals surface area (Å²) in [5, 5.41) is 3.12. The fraction of sp³-hybridized carbons (Fsp3) is 0.500. The summed E-state index contributed by atoms with van der Waals surface area (Å²) in [6.07, 6.45) is 1.91. The third-order valence-electron chi connectivity index (χ3n) is 1.92. The number of rotatable bonds is 4. The van der Waals surface area contributed by atoms with Crippen LogP contribution in [0.4, 0.5) is 0 Å². The summed E-state index contributed by atoms with van der Waals surface area (Å²) >= 11 is 0. The summed E-state index contributed by atoms with van der Waals surface area (Å²) in [5.41, 5.74) is 2.36. The molecule has 0 radical (unpaired) electrons. The molecule has 3 heteroatoms. The van der Waals surface area contributed by atoms with Gasteiger partial charge in [0, 0.05) is 19.3 Å². The number of aryl methyl sites for hydroxylation is 1. The van der Waals surface area contributed by atoms with E-state index in [1.807, 2.05) is 27.1 Å². The first-order chi connectivity index (χ1) is 6.15. The lowest BCUT2D eigenvalue weighted by Gasteiger charge is -2.09. The van der Waals surface area contributed by atoms with E-state index in [1.165, 1.54) is 5.69 Å². The number of imidazole rings is 1. The van der Waals surface area contributed by atoms with Gasteiger partial charge < -0.3 is 9.88 Å². The van der Waals surface area contributed by atoms with Crippen molar-refractivity contribution in [1.29, 1.82) is 0 Å². The first kappa shape index (κ1) is 9.99. The molecule has 3 nitrogen and oxygen atoms in total. The summed E-state index contributed by atoms with van der Waals surface area (Å²) in [6, 6.07) is 0. The van der Waals surface area contributed by atoms with Crippen LogP contribution in [0.1, 0.15) is 18.4 Å². The zero-order valence-electron chi connectivity index (χ0n) is 8.59. The zero-order chi connectivity index (χ0) is 9.84. The van der Waals surface area contributed by atoms with Gasteiger partial charge in [-0.1, -0.05) is 12.2 Å². The fourth-order valence-corrected chi connectivity index (χ4v) is 1.32. The Balaban J connectivity index is 2.87. The first-order valence-electron chi connectivity index (χ1n) is 4.45. The van der Waals surface area contributed by atoms with Gasteiger partial charge in [-0.25, -0.2) is 4.98 Å². The van der Waals surface area contributed by atoms with Crippen LogP contribution in [-0.2, 0) is 13.1 Å². The second-order valence-corrected chi connectivity index (χ2v) is 3.37. The topological polar surface area (TPSA) is 29.9 Å². The molecule has 0 saturated heterocycles. The molecular formula is C10H17N3. The molecule has 0 aliphatic heterocycles. The maximum Gasteiger partial charge on any atom is 0.106 e. The van der Waals surface area contributed by atoms with E-state index in [-0.39, 0.29) is 0 Å². The summed E-state index contributed by atoms with van der Waals surface area (Å²) in [7, 11) is 1.94. The summed E-state index contributed by atoms with van der Waals surface area (Å²) < 4.78 is 2.18. The molecule has 1 rings (SSSR count). The van der Waals surface area contributed by atoms with Gasteiger partial charge in [0.2, 0.25) is 0 Å². The van der Waals surface area contributed by atoms with Crippen LogP contribution >= 0.6 is 0 Å². The second-order valence-electron chi connectivity index (χ2n) is 3.37. The Labute approximate surface area is 79.5 Å². The van der Waals surface area contributed by atoms with Gasteiger partial charge in [-0.2, -0.15) is 0 Å². The van der Waals surface area contributed by atoms with Crippen LogP contribution < -0.4 is 5.32 Å². The molecule has 1 aromatic heterocycles. The van der Waals surface area contributed by atoms with Crippen molar-refractivity contribution in [2.45, 2.75) is 26.9 Å². The predicted octanol–water partition coefficient (Wildman–Crippen LogP) is 1.49. The molecule has 0 amide bonds. The molecule has 0 aliphatic rings. The Morgan fingerprint density at radius 1 is 1.69 bits per heavy atom. The quantitative estimate of drug-likeness (QED) is 0.710. The highest BCUT2D eigenvalue weighted by Crippen LogP contribution is 2.07. The lowest BCUT2D eigenvalue weighted by molar-refractivity contribution is 0.671. The van der Waals surface area contributed by atoms with E-state index in [4.69, 9.17) is 0 Å². The molecule has 0 fully saturated rings. The molecule has 0 atom stereocenters. The predicted molar refractivity (Wildman–Crippen MR) is 54.5 cm³/mol. The van der Waals surface area contributed by atoms with Gasteiger partial charge in [-0.3, -0.25) is 0 Å². The Morgan fingerprint density at radius 3 is 2.92 bits per heavy atom. The van der Waals surface area contributed by atoms with Crippen molar-refractivity contribution >= 4 is 0 Å². The van der Waals surface area contributed by atoms with Crippen LogP contribution in [0, 0.1) is 6.92 Å². The van der Waals surface area contributed by atoms with Crippen LogP contribution in [-0.4, -0.2) is 16.6 Å². The van der Waals surface area contributed by atoms with Gasteiger partial charge in [0.15, 0.2) is 0 Å². The monoisotopic (exact) mass is 179 g/mol. The minimum Gasteiger partial charge on any atom is -0.327 e. The highest BCUT2D eigenvalue weighted by molar-refractivity contribution is 5.07. The maximum absolute atomic E-state index is 4.27. The third kappa shape index (κ3) is 2.42. The number of nitrogens with one attached hydrogen (secondary N) is 1. The highest BCUT2D eigenvalue weighted by Gasteiger charge is 2.04. The third-order valence-corrected chi connectivity index (χ3v) is 1.92. The maximum atomic E-state index is 4.27. The standard InChI is InChI=1S/C10H17N3/c1-8(2)7-13-9(3)12-6-10(13)5-11-4/h6,11H,1,5,7H2,2-4H3. The van der Waals surface area contributed by atoms with E-state index in [9.17, 15) is 0 Å². The molecule has 0 spiro atoms. The average molecular weight is 179 g/mol. The fourth-order valence-electron chi connectivity index (χ4n) is 1.32. The van der Waals surface area contributed by atoms with Crippen LogP contribution in [0.15, 0.2) is 18.3 Å². The van der Waals surface area contributed by atoms with Gasteiger partial charge in [0.05, 0.1) is 5.69 Å². The molecule has 0 bridgehead atoms. The Kier molecular flexibility index (Phi) is 3.25. The first-order valence-corrected chi connectivity index (χ1v) is 4.45. The minimum atomic E-state index is 0.855. The lowest BCUT2D eigenvalue weighted by Crippen LogP contribution is -2.12. The summed E-state index contributed by atoms with van der Waals surface area (Å²) in [5.74, 6) is 1.05. The zero-order valence-corrected chi connectivity index (χ0v) is 8.59. The Bertz CT molecular complexity index is 299. The van der Waals surface area contributed by atoms with Crippen molar-refractivity contribution in [2.24, 2.45) is 0 Å². The lowest BCUT2D eigenvalue weighted by atomic mass is 10.3. The highest BCUT2D eigenvalue weighted by atomic mass is 15.1. The van der Waals surface area contributed by atoms with E-state index >= 15 is 0 Å². The van der Waals surface area contributed by atoms with Gasteiger partial charge in [0.1, 0.15) is 5.82 Å². The van der Waals surface area contributed by atoms with E-state index < -0.39 is 0 Å². The van der Waals surface area contributed by atoms with Gasteiger partial charge >= 0.3 is 0 Å². The molecule has 72 valence electrons. The van der Waals surface area contributed by atoms with Gasteiger partial charge in [-0.15, -0.1) is 0 Å². The Morgan fingerprint density at radius 2 is 2.38 bits per heavy atom. The van der Waals surface area contributed by atoms with Crippen molar-refractivity contribution in [2.75, 3.05) is 7.05 Å². The van der Waals surface area contributed by atoms with Gasteiger partial charge in [-0.05, 0) is 20.9 Å². The average Bonchev–Trinajstić information content (AvgIpc) is 2.36. The largest absolute Gasteiger partial charge is 0.327 e. The van der Waals surface area contributed by atoms with E-state index in [0.29, 0.717) is 0 Å². The number of nitrogens with zero attached hydrogens (tertiary/aromatic N) is 2. The Hall–Kier alpha value is -1.09. The van der Waals surface area contributed by atoms with Crippen molar-refractivity contribution in [3.63, 3.8) is 0 Å². The molecule has 0 aromatic carbocycles. The van der Waals surface area contributed by atoms with E-state index in [1.54, 1.807) is 0 Å². The number of hydrogen-bond donors (Lipinski definition) is 1. The number of allylic oxidation sites excluding steroid dienone is 1. The molecule has 0 saturated carbocycles. The molecule has 0 aliphatic carbocycles.